The number of thioether (sulfide) groups is 2. The van der Waals surface area contributed by atoms with Gasteiger partial charge in [-0.3, -0.25) is 0 Å². The second-order valence-corrected chi connectivity index (χ2v) is 12.2. The van der Waals surface area contributed by atoms with E-state index in [1.807, 2.05) is 23.5 Å². The van der Waals surface area contributed by atoms with Gasteiger partial charge in [0.25, 0.3) is 0 Å². The summed E-state index contributed by atoms with van der Waals surface area (Å²) in [6.07, 6.45) is 16.2. The van der Waals surface area contributed by atoms with Gasteiger partial charge < -0.3 is 0 Å². The Morgan fingerprint density at radius 1 is 0.444 bits per heavy atom. The summed E-state index contributed by atoms with van der Waals surface area (Å²) >= 11 is 3.92. The second kappa shape index (κ2) is 17.8. The molecular weight excluding hydrogens is 473 g/mol. The summed E-state index contributed by atoms with van der Waals surface area (Å²) in [6, 6.07) is 27.5. The van der Waals surface area contributed by atoms with Crippen molar-refractivity contribution in [2.75, 3.05) is 5.75 Å². The monoisotopic (exact) mass is 518 g/mol. The first-order chi connectivity index (χ1) is 17.8. The summed E-state index contributed by atoms with van der Waals surface area (Å²) < 4.78 is 0. The number of benzene rings is 3. The van der Waals surface area contributed by atoms with Gasteiger partial charge in [0.1, 0.15) is 0 Å². The Hall–Kier alpha value is -1.64. The molecule has 0 aliphatic rings. The van der Waals surface area contributed by atoms with Crippen molar-refractivity contribution in [1.82, 2.24) is 0 Å². The van der Waals surface area contributed by atoms with Gasteiger partial charge in [-0.2, -0.15) is 0 Å². The Morgan fingerprint density at radius 2 is 0.917 bits per heavy atom. The number of hydrogen-bond acceptors (Lipinski definition) is 2. The SMILES string of the molecule is CCCCCCCCc1ccc(CSc2ccc(-c3ccc(SCCCCCCC)cc3)cc2)cc1. The Labute approximate surface area is 230 Å². The lowest BCUT2D eigenvalue weighted by Crippen LogP contribution is -1.88. The van der Waals surface area contributed by atoms with Crippen molar-refractivity contribution in [2.45, 2.75) is 106 Å². The Bertz CT molecular complexity index is 942. The van der Waals surface area contributed by atoms with Crippen molar-refractivity contribution in [2.24, 2.45) is 0 Å². The molecule has 0 aliphatic heterocycles. The molecule has 0 amide bonds. The zero-order valence-electron chi connectivity index (χ0n) is 22.6. The molecule has 3 rings (SSSR count). The lowest BCUT2D eigenvalue weighted by Gasteiger charge is -2.07. The van der Waals surface area contributed by atoms with Crippen LogP contribution in [0.3, 0.4) is 0 Å². The molecule has 0 unspecified atom stereocenters. The number of hydrogen-bond donors (Lipinski definition) is 0. The van der Waals surface area contributed by atoms with Crippen LogP contribution < -0.4 is 0 Å². The van der Waals surface area contributed by atoms with E-state index >= 15 is 0 Å². The van der Waals surface area contributed by atoms with Gasteiger partial charge in [-0.05, 0) is 71.5 Å². The van der Waals surface area contributed by atoms with E-state index in [0.29, 0.717) is 0 Å². The molecule has 0 radical (unpaired) electrons. The number of aryl methyl sites for hydroxylation is 1. The van der Waals surface area contributed by atoms with E-state index in [0.717, 1.165) is 5.75 Å². The molecule has 0 spiro atoms. The third kappa shape index (κ3) is 11.2. The van der Waals surface area contributed by atoms with Crippen LogP contribution in [0, 0.1) is 0 Å². The summed E-state index contributed by atoms with van der Waals surface area (Å²) in [5.41, 5.74) is 5.50. The van der Waals surface area contributed by atoms with Crippen LogP contribution in [0.5, 0.6) is 0 Å². The molecule has 36 heavy (non-hydrogen) atoms. The highest BCUT2D eigenvalue weighted by molar-refractivity contribution is 7.99. The van der Waals surface area contributed by atoms with Crippen LogP contribution in [0.1, 0.15) is 95.6 Å². The van der Waals surface area contributed by atoms with Crippen molar-refractivity contribution < 1.29 is 0 Å². The fourth-order valence-corrected chi connectivity index (χ4v) is 6.23. The summed E-state index contributed by atoms with van der Waals surface area (Å²) in [6.45, 7) is 4.56. The fourth-order valence-electron chi connectivity index (χ4n) is 4.46. The minimum absolute atomic E-state index is 1.03. The predicted octanol–water partition coefficient (Wildman–Crippen LogP) is 11.6. The van der Waals surface area contributed by atoms with Crippen molar-refractivity contribution in [3.63, 3.8) is 0 Å². The lowest BCUT2D eigenvalue weighted by atomic mass is 10.0. The molecule has 0 aliphatic carbocycles. The predicted molar refractivity (Wildman–Crippen MR) is 164 cm³/mol. The standard InChI is InChI=1S/C34H46S2/c1-3-5-7-9-10-12-14-29-15-17-30(18-16-29)28-36-34-25-21-32(22-26-34)31-19-23-33(24-20-31)35-27-13-11-8-6-4-2/h15-26H,3-14,27-28H2,1-2H3. The van der Waals surface area contributed by atoms with Crippen molar-refractivity contribution in [3.05, 3.63) is 83.9 Å². The van der Waals surface area contributed by atoms with E-state index in [9.17, 15) is 0 Å². The molecule has 0 saturated heterocycles. The molecule has 0 bridgehead atoms. The minimum atomic E-state index is 1.03. The molecular formula is C34H46S2. The Kier molecular flexibility index (Phi) is 14.3. The number of unbranched alkanes of at least 4 members (excludes halogenated alkanes) is 9. The summed E-state index contributed by atoms with van der Waals surface area (Å²) in [5.74, 6) is 2.26. The van der Waals surface area contributed by atoms with Crippen LogP contribution in [0.4, 0.5) is 0 Å². The van der Waals surface area contributed by atoms with Crippen LogP contribution >= 0.6 is 23.5 Å². The zero-order valence-corrected chi connectivity index (χ0v) is 24.3. The van der Waals surface area contributed by atoms with E-state index < -0.39 is 0 Å². The van der Waals surface area contributed by atoms with Crippen LogP contribution in [-0.4, -0.2) is 5.75 Å². The highest BCUT2D eigenvalue weighted by atomic mass is 32.2. The highest BCUT2D eigenvalue weighted by Gasteiger charge is 2.02. The molecule has 0 saturated carbocycles. The van der Waals surface area contributed by atoms with E-state index in [2.05, 4.69) is 86.6 Å². The summed E-state index contributed by atoms with van der Waals surface area (Å²) in [7, 11) is 0. The van der Waals surface area contributed by atoms with Gasteiger partial charge in [0.05, 0.1) is 0 Å². The molecule has 2 heteroatoms. The smallest absolute Gasteiger partial charge is 0.0231 e. The maximum Gasteiger partial charge on any atom is 0.0231 e. The third-order valence-electron chi connectivity index (χ3n) is 6.81. The van der Waals surface area contributed by atoms with E-state index in [4.69, 9.17) is 0 Å². The quantitative estimate of drug-likeness (QED) is 0.121. The second-order valence-electron chi connectivity index (χ2n) is 9.93. The van der Waals surface area contributed by atoms with Gasteiger partial charge in [0.2, 0.25) is 0 Å². The zero-order chi connectivity index (χ0) is 25.3. The van der Waals surface area contributed by atoms with E-state index in [1.54, 1.807) is 0 Å². The van der Waals surface area contributed by atoms with Crippen LogP contribution in [0.15, 0.2) is 82.6 Å². The van der Waals surface area contributed by atoms with Gasteiger partial charge in [0, 0.05) is 15.5 Å². The maximum atomic E-state index is 2.33. The summed E-state index contributed by atoms with van der Waals surface area (Å²) in [4.78, 5) is 2.73. The van der Waals surface area contributed by atoms with Gasteiger partial charge in [-0.25, -0.2) is 0 Å². The van der Waals surface area contributed by atoms with Crippen LogP contribution in [0.2, 0.25) is 0 Å². The molecule has 3 aromatic rings. The van der Waals surface area contributed by atoms with E-state index in [1.165, 1.54) is 115 Å². The molecule has 0 aromatic heterocycles. The topological polar surface area (TPSA) is 0 Å². The molecule has 3 aromatic carbocycles. The average molecular weight is 519 g/mol. The molecule has 0 fully saturated rings. The van der Waals surface area contributed by atoms with Crippen LogP contribution in [0.25, 0.3) is 11.1 Å². The van der Waals surface area contributed by atoms with Gasteiger partial charge in [-0.1, -0.05) is 120 Å². The van der Waals surface area contributed by atoms with Gasteiger partial charge in [-0.15, -0.1) is 23.5 Å². The normalized spacial score (nSPS) is 11.2. The average Bonchev–Trinajstić information content (AvgIpc) is 2.93. The molecule has 0 heterocycles. The highest BCUT2D eigenvalue weighted by Crippen LogP contribution is 2.29. The first-order valence-corrected chi connectivity index (χ1v) is 16.3. The lowest BCUT2D eigenvalue weighted by molar-refractivity contribution is 0.607. The van der Waals surface area contributed by atoms with E-state index in [-0.39, 0.29) is 0 Å². The molecule has 0 nitrogen and oxygen atoms in total. The summed E-state index contributed by atoms with van der Waals surface area (Å²) in [5, 5.41) is 0. The van der Waals surface area contributed by atoms with Crippen molar-refractivity contribution in [1.29, 1.82) is 0 Å². The van der Waals surface area contributed by atoms with Crippen molar-refractivity contribution in [3.8, 4) is 11.1 Å². The maximum absolute atomic E-state index is 2.33. The van der Waals surface area contributed by atoms with Gasteiger partial charge >= 0.3 is 0 Å². The van der Waals surface area contributed by atoms with Gasteiger partial charge in [0.15, 0.2) is 0 Å². The first-order valence-electron chi connectivity index (χ1n) is 14.3. The van der Waals surface area contributed by atoms with Crippen LogP contribution in [-0.2, 0) is 12.2 Å². The fraction of sp³-hybridized carbons (Fsp3) is 0.471. The molecule has 0 atom stereocenters. The first kappa shape index (κ1) is 28.9. The Balaban J connectivity index is 1.37. The van der Waals surface area contributed by atoms with Crippen molar-refractivity contribution >= 4 is 23.5 Å². The third-order valence-corrected chi connectivity index (χ3v) is 8.99. The molecule has 194 valence electrons. The Morgan fingerprint density at radius 3 is 1.50 bits per heavy atom. The molecule has 0 N–H and O–H groups in total. The minimum Gasteiger partial charge on any atom is -0.126 e. The largest absolute Gasteiger partial charge is 0.126 e. The number of rotatable bonds is 18.